The number of hydrogen-bond acceptors (Lipinski definition) is 3. The van der Waals surface area contributed by atoms with Gasteiger partial charge in [0.05, 0.1) is 18.8 Å². The molecule has 0 bridgehead atoms. The van der Waals surface area contributed by atoms with Gasteiger partial charge in [-0.2, -0.15) is 0 Å². The summed E-state index contributed by atoms with van der Waals surface area (Å²) < 4.78 is 5.42. The van der Waals surface area contributed by atoms with Crippen LogP contribution in [-0.2, 0) is 6.42 Å². The van der Waals surface area contributed by atoms with Crippen molar-refractivity contribution in [1.82, 2.24) is 10.3 Å². The molecule has 4 heteroatoms. The predicted molar refractivity (Wildman–Crippen MR) is 87.2 cm³/mol. The van der Waals surface area contributed by atoms with Crippen molar-refractivity contribution in [1.29, 1.82) is 0 Å². The van der Waals surface area contributed by atoms with E-state index in [1.165, 1.54) is 11.1 Å². The number of hydrogen-bond donors (Lipinski definition) is 1. The molecule has 112 valence electrons. The van der Waals surface area contributed by atoms with Crippen LogP contribution in [0.2, 0.25) is 5.02 Å². The molecule has 1 aromatic carbocycles. The van der Waals surface area contributed by atoms with Crippen molar-refractivity contribution >= 4 is 11.6 Å². The SMILES string of the molecule is CNC(Cc1cc(Cl)ccc1OC)c1ncc(C)cc1C. The molecule has 21 heavy (non-hydrogen) atoms. The average Bonchev–Trinajstić information content (AvgIpc) is 2.45. The first-order chi connectivity index (χ1) is 10.0. The fraction of sp³-hybridized carbons (Fsp3) is 0.353. The molecule has 2 aromatic rings. The number of nitrogens with one attached hydrogen (secondary N) is 1. The standard InChI is InChI=1S/C17H21ClN2O/c1-11-7-12(2)17(20-10-11)15(19-3)9-13-8-14(18)5-6-16(13)21-4/h5-8,10,15,19H,9H2,1-4H3. The molecule has 0 aliphatic carbocycles. The van der Waals surface area contributed by atoms with Crippen LogP contribution in [0.25, 0.3) is 0 Å². The summed E-state index contributed by atoms with van der Waals surface area (Å²) in [7, 11) is 3.62. The summed E-state index contributed by atoms with van der Waals surface area (Å²) in [5.74, 6) is 0.851. The lowest BCUT2D eigenvalue weighted by molar-refractivity contribution is 0.406. The van der Waals surface area contributed by atoms with Crippen molar-refractivity contribution < 1.29 is 4.74 Å². The number of nitrogens with zero attached hydrogens (tertiary/aromatic N) is 1. The summed E-state index contributed by atoms with van der Waals surface area (Å²) in [6.45, 7) is 4.15. The Balaban J connectivity index is 2.33. The predicted octanol–water partition coefficient (Wildman–Crippen LogP) is 3.86. The molecule has 0 fully saturated rings. The number of likely N-dealkylation sites (N-methyl/N-ethyl adjacent to an activating group) is 1. The Kier molecular flexibility index (Phi) is 5.21. The van der Waals surface area contributed by atoms with E-state index in [0.29, 0.717) is 5.02 Å². The second-order valence-corrected chi connectivity index (χ2v) is 5.65. The molecule has 0 aliphatic heterocycles. The molecule has 2 rings (SSSR count). The third kappa shape index (κ3) is 3.74. The Bertz CT molecular complexity index is 628. The molecule has 0 radical (unpaired) electrons. The number of pyridine rings is 1. The van der Waals surface area contributed by atoms with Crippen LogP contribution in [-0.4, -0.2) is 19.1 Å². The van der Waals surface area contributed by atoms with Gasteiger partial charge in [0.1, 0.15) is 5.75 Å². The van der Waals surface area contributed by atoms with E-state index in [4.69, 9.17) is 16.3 Å². The fourth-order valence-electron chi connectivity index (χ4n) is 2.55. The highest BCUT2D eigenvalue weighted by Crippen LogP contribution is 2.28. The number of rotatable bonds is 5. The second-order valence-electron chi connectivity index (χ2n) is 5.22. The Labute approximate surface area is 131 Å². The summed E-state index contributed by atoms with van der Waals surface area (Å²) in [4.78, 5) is 4.59. The zero-order chi connectivity index (χ0) is 15.4. The average molecular weight is 305 g/mol. The van der Waals surface area contributed by atoms with Gasteiger partial charge in [0.15, 0.2) is 0 Å². The fourth-order valence-corrected chi connectivity index (χ4v) is 2.75. The lowest BCUT2D eigenvalue weighted by atomic mass is 9.99. The molecule has 1 atom stereocenters. The van der Waals surface area contributed by atoms with Gasteiger partial charge >= 0.3 is 0 Å². The van der Waals surface area contributed by atoms with Gasteiger partial charge in [-0.15, -0.1) is 0 Å². The van der Waals surface area contributed by atoms with Crippen LogP contribution in [0.1, 0.15) is 28.4 Å². The minimum absolute atomic E-state index is 0.123. The van der Waals surface area contributed by atoms with Crippen molar-refractivity contribution in [3.05, 3.63) is 57.9 Å². The maximum absolute atomic E-state index is 6.11. The van der Waals surface area contributed by atoms with Crippen LogP contribution in [0.5, 0.6) is 5.75 Å². The van der Waals surface area contributed by atoms with Crippen LogP contribution in [0.4, 0.5) is 0 Å². The summed E-state index contributed by atoms with van der Waals surface area (Å²) in [5.41, 5.74) is 4.50. The Morgan fingerprint density at radius 1 is 1.29 bits per heavy atom. The van der Waals surface area contributed by atoms with E-state index in [1.54, 1.807) is 7.11 Å². The van der Waals surface area contributed by atoms with E-state index in [2.05, 4.69) is 30.2 Å². The van der Waals surface area contributed by atoms with Crippen LogP contribution in [0.15, 0.2) is 30.5 Å². The zero-order valence-electron chi connectivity index (χ0n) is 12.9. The maximum atomic E-state index is 6.11. The molecule has 0 saturated carbocycles. The third-order valence-electron chi connectivity index (χ3n) is 3.60. The number of halogens is 1. The normalized spacial score (nSPS) is 12.2. The molecular formula is C17H21ClN2O. The summed E-state index contributed by atoms with van der Waals surface area (Å²) in [6, 6.07) is 7.97. The zero-order valence-corrected chi connectivity index (χ0v) is 13.7. The quantitative estimate of drug-likeness (QED) is 0.910. The Morgan fingerprint density at radius 2 is 2.05 bits per heavy atom. The number of ether oxygens (including phenoxy) is 1. The Morgan fingerprint density at radius 3 is 2.67 bits per heavy atom. The van der Waals surface area contributed by atoms with Crippen molar-refractivity contribution in [2.45, 2.75) is 26.3 Å². The molecule has 0 spiro atoms. The number of benzene rings is 1. The molecule has 3 nitrogen and oxygen atoms in total. The van der Waals surface area contributed by atoms with E-state index in [0.717, 1.165) is 23.4 Å². The van der Waals surface area contributed by atoms with Crippen molar-refractivity contribution in [3.63, 3.8) is 0 Å². The van der Waals surface area contributed by atoms with Crippen molar-refractivity contribution in [3.8, 4) is 5.75 Å². The molecule has 1 unspecified atom stereocenters. The van der Waals surface area contributed by atoms with Gasteiger partial charge in [0.25, 0.3) is 0 Å². The van der Waals surface area contributed by atoms with Crippen molar-refractivity contribution in [2.24, 2.45) is 0 Å². The van der Waals surface area contributed by atoms with E-state index in [9.17, 15) is 0 Å². The van der Waals surface area contributed by atoms with Crippen LogP contribution < -0.4 is 10.1 Å². The van der Waals surface area contributed by atoms with E-state index in [1.807, 2.05) is 31.4 Å². The number of aromatic nitrogens is 1. The lowest BCUT2D eigenvalue weighted by Gasteiger charge is -2.19. The largest absolute Gasteiger partial charge is 0.496 e. The van der Waals surface area contributed by atoms with Gasteiger partial charge in [-0.25, -0.2) is 0 Å². The first-order valence-electron chi connectivity index (χ1n) is 6.98. The van der Waals surface area contributed by atoms with Gasteiger partial charge in [0.2, 0.25) is 0 Å². The highest BCUT2D eigenvalue weighted by Gasteiger charge is 2.16. The van der Waals surface area contributed by atoms with Gasteiger partial charge < -0.3 is 10.1 Å². The highest BCUT2D eigenvalue weighted by atomic mass is 35.5. The Hall–Kier alpha value is -1.58. The van der Waals surface area contributed by atoms with Crippen LogP contribution in [0.3, 0.4) is 0 Å². The monoisotopic (exact) mass is 304 g/mol. The van der Waals surface area contributed by atoms with Gasteiger partial charge in [-0.1, -0.05) is 17.7 Å². The molecule has 0 aliphatic rings. The molecule has 0 amide bonds. The summed E-state index contributed by atoms with van der Waals surface area (Å²) >= 11 is 6.11. The molecule has 1 aromatic heterocycles. The first-order valence-corrected chi connectivity index (χ1v) is 7.35. The third-order valence-corrected chi connectivity index (χ3v) is 3.84. The van der Waals surface area contributed by atoms with Crippen LogP contribution in [0, 0.1) is 13.8 Å². The van der Waals surface area contributed by atoms with Gasteiger partial charge in [-0.3, -0.25) is 4.98 Å². The van der Waals surface area contributed by atoms with Crippen LogP contribution >= 0.6 is 11.6 Å². The minimum atomic E-state index is 0.123. The molecule has 0 saturated heterocycles. The van der Waals surface area contributed by atoms with E-state index >= 15 is 0 Å². The smallest absolute Gasteiger partial charge is 0.122 e. The van der Waals surface area contributed by atoms with E-state index < -0.39 is 0 Å². The maximum Gasteiger partial charge on any atom is 0.122 e. The highest BCUT2D eigenvalue weighted by molar-refractivity contribution is 6.30. The van der Waals surface area contributed by atoms with Crippen molar-refractivity contribution in [2.75, 3.05) is 14.2 Å². The number of aryl methyl sites for hydroxylation is 2. The first kappa shape index (κ1) is 15.8. The van der Waals surface area contributed by atoms with Gasteiger partial charge in [-0.05, 0) is 62.2 Å². The molecular weight excluding hydrogens is 284 g/mol. The lowest BCUT2D eigenvalue weighted by Crippen LogP contribution is -2.21. The minimum Gasteiger partial charge on any atom is -0.496 e. The number of methoxy groups -OCH3 is 1. The second kappa shape index (κ2) is 6.92. The van der Waals surface area contributed by atoms with E-state index in [-0.39, 0.29) is 6.04 Å². The molecule has 1 heterocycles. The summed E-state index contributed by atoms with van der Waals surface area (Å²) in [6.07, 6.45) is 2.68. The van der Waals surface area contributed by atoms with Gasteiger partial charge in [0, 0.05) is 11.2 Å². The summed E-state index contributed by atoms with van der Waals surface area (Å²) in [5, 5.41) is 4.05. The topological polar surface area (TPSA) is 34.1 Å². The molecule has 1 N–H and O–H groups in total.